The van der Waals surface area contributed by atoms with Gasteiger partial charge in [0.1, 0.15) is 28.0 Å². The maximum atomic E-state index is 11.1. The summed E-state index contributed by atoms with van der Waals surface area (Å²) in [5.41, 5.74) is 2.28. The predicted molar refractivity (Wildman–Crippen MR) is 99.8 cm³/mol. The second-order valence-corrected chi connectivity index (χ2v) is 6.11. The Bertz CT molecular complexity index is 1020. The molecule has 3 aromatic rings. The molecule has 0 radical (unpaired) electrons. The number of aromatic nitrogens is 1. The van der Waals surface area contributed by atoms with E-state index in [1.807, 2.05) is 35.7 Å². The maximum Gasteiger partial charge on any atom is 0.339 e. The summed E-state index contributed by atoms with van der Waals surface area (Å²) in [6.45, 7) is 0. The fourth-order valence-electron chi connectivity index (χ4n) is 2.23. The van der Waals surface area contributed by atoms with Crippen LogP contribution < -0.4 is 5.32 Å². The molecule has 0 aliphatic carbocycles. The third kappa shape index (κ3) is 3.71. The SMILES string of the molecule is N#CC(=CNc1ccc(O)c(C(=O)O)c1)c1nc(-c2ccccc2)cs1. The van der Waals surface area contributed by atoms with Crippen LogP contribution >= 0.6 is 11.3 Å². The van der Waals surface area contributed by atoms with Crippen LogP contribution in [0.3, 0.4) is 0 Å². The van der Waals surface area contributed by atoms with Crippen molar-refractivity contribution >= 4 is 28.6 Å². The first kappa shape index (κ1) is 17.2. The molecule has 0 amide bonds. The van der Waals surface area contributed by atoms with Crippen molar-refractivity contribution in [2.45, 2.75) is 0 Å². The standard InChI is InChI=1S/C19H13N3O3S/c20-9-13(10-21-14-6-7-17(23)15(8-14)19(24)25)18-22-16(11-26-18)12-4-2-1-3-5-12/h1-8,10-11,21,23H,(H,24,25). The number of nitriles is 1. The normalized spacial score (nSPS) is 11.0. The molecule has 0 atom stereocenters. The van der Waals surface area contributed by atoms with Gasteiger partial charge in [0.05, 0.1) is 5.69 Å². The molecule has 1 aromatic heterocycles. The van der Waals surface area contributed by atoms with Crippen LogP contribution in [0.1, 0.15) is 15.4 Å². The van der Waals surface area contributed by atoms with Gasteiger partial charge in [0.25, 0.3) is 0 Å². The van der Waals surface area contributed by atoms with Crippen molar-refractivity contribution in [2.75, 3.05) is 5.32 Å². The topological polar surface area (TPSA) is 106 Å². The van der Waals surface area contributed by atoms with Gasteiger partial charge in [0.2, 0.25) is 0 Å². The average molecular weight is 363 g/mol. The molecular weight excluding hydrogens is 350 g/mol. The molecule has 1 heterocycles. The van der Waals surface area contributed by atoms with Crippen LogP contribution in [0.25, 0.3) is 16.8 Å². The highest BCUT2D eigenvalue weighted by Crippen LogP contribution is 2.26. The molecule has 2 aromatic carbocycles. The summed E-state index contributed by atoms with van der Waals surface area (Å²) in [5, 5.41) is 33.3. The number of benzene rings is 2. The van der Waals surface area contributed by atoms with E-state index >= 15 is 0 Å². The molecule has 0 bridgehead atoms. The number of carbonyl (C=O) groups is 1. The number of anilines is 1. The summed E-state index contributed by atoms with van der Waals surface area (Å²) >= 11 is 1.35. The van der Waals surface area contributed by atoms with E-state index in [0.717, 1.165) is 11.3 Å². The Kier molecular flexibility index (Phi) is 4.97. The van der Waals surface area contributed by atoms with E-state index in [1.165, 1.54) is 35.7 Å². The number of hydrogen-bond acceptors (Lipinski definition) is 6. The number of phenols is 1. The van der Waals surface area contributed by atoms with Crippen molar-refractivity contribution in [3.05, 3.63) is 70.7 Å². The molecule has 3 N–H and O–H groups in total. The molecule has 0 spiro atoms. The minimum atomic E-state index is -1.23. The lowest BCUT2D eigenvalue weighted by Gasteiger charge is -2.04. The second-order valence-electron chi connectivity index (χ2n) is 5.26. The summed E-state index contributed by atoms with van der Waals surface area (Å²) in [5.74, 6) is -1.55. The van der Waals surface area contributed by atoms with Gasteiger partial charge in [-0.2, -0.15) is 5.26 Å². The van der Waals surface area contributed by atoms with Crippen molar-refractivity contribution in [1.29, 1.82) is 5.26 Å². The molecule has 0 saturated carbocycles. The quantitative estimate of drug-likeness (QED) is 0.463. The Hall–Kier alpha value is -3.63. The maximum absolute atomic E-state index is 11.1. The van der Waals surface area contributed by atoms with E-state index in [2.05, 4.69) is 16.4 Å². The summed E-state index contributed by atoms with van der Waals surface area (Å²) in [4.78, 5) is 15.5. The molecule has 0 aliphatic heterocycles. The van der Waals surface area contributed by atoms with E-state index in [4.69, 9.17) is 5.11 Å². The van der Waals surface area contributed by atoms with Gasteiger partial charge in [0, 0.05) is 22.8 Å². The van der Waals surface area contributed by atoms with E-state index in [9.17, 15) is 15.2 Å². The molecule has 7 heteroatoms. The third-order valence-electron chi connectivity index (χ3n) is 3.53. The smallest absolute Gasteiger partial charge is 0.339 e. The fourth-order valence-corrected chi connectivity index (χ4v) is 3.03. The van der Waals surface area contributed by atoms with Crippen LogP contribution in [0.15, 0.2) is 60.1 Å². The second kappa shape index (κ2) is 7.51. The number of aromatic carboxylic acids is 1. The van der Waals surface area contributed by atoms with Gasteiger partial charge in [-0.1, -0.05) is 30.3 Å². The van der Waals surface area contributed by atoms with Gasteiger partial charge in [-0.05, 0) is 18.2 Å². The first-order valence-corrected chi connectivity index (χ1v) is 8.41. The highest BCUT2D eigenvalue weighted by atomic mass is 32.1. The highest BCUT2D eigenvalue weighted by molar-refractivity contribution is 7.11. The van der Waals surface area contributed by atoms with Gasteiger partial charge in [-0.25, -0.2) is 9.78 Å². The zero-order chi connectivity index (χ0) is 18.5. The minimum absolute atomic E-state index is 0.220. The lowest BCUT2D eigenvalue weighted by atomic mass is 10.2. The van der Waals surface area contributed by atoms with Gasteiger partial charge in [0.15, 0.2) is 0 Å². The average Bonchev–Trinajstić information content (AvgIpc) is 3.14. The monoisotopic (exact) mass is 363 g/mol. The van der Waals surface area contributed by atoms with Crippen LogP contribution in [0.2, 0.25) is 0 Å². The number of aromatic hydroxyl groups is 1. The number of nitrogens with zero attached hydrogens (tertiary/aromatic N) is 2. The van der Waals surface area contributed by atoms with Gasteiger partial charge in [-0.3, -0.25) is 0 Å². The molecule has 3 rings (SSSR count). The number of carboxylic acid groups (broad SMARTS) is 1. The number of hydrogen-bond donors (Lipinski definition) is 3. The van der Waals surface area contributed by atoms with Crippen molar-refractivity contribution in [3.8, 4) is 23.1 Å². The molecule has 6 nitrogen and oxygen atoms in total. The molecule has 0 unspecified atom stereocenters. The van der Waals surface area contributed by atoms with Gasteiger partial charge < -0.3 is 15.5 Å². The van der Waals surface area contributed by atoms with Crippen LogP contribution in [0.4, 0.5) is 5.69 Å². The van der Waals surface area contributed by atoms with E-state index in [0.29, 0.717) is 16.3 Å². The molecule has 0 fully saturated rings. The van der Waals surface area contributed by atoms with Crippen LogP contribution in [0.5, 0.6) is 5.75 Å². The molecule has 0 saturated heterocycles. The predicted octanol–water partition coefficient (Wildman–Crippen LogP) is 4.19. The van der Waals surface area contributed by atoms with Crippen LogP contribution in [0, 0.1) is 11.3 Å². The Labute approximate surface area is 153 Å². The number of rotatable bonds is 5. The number of allylic oxidation sites excluding steroid dienone is 1. The molecular formula is C19H13N3O3S. The Balaban J connectivity index is 1.84. The Morgan fingerprint density at radius 2 is 2.00 bits per heavy atom. The van der Waals surface area contributed by atoms with Crippen LogP contribution in [-0.2, 0) is 0 Å². The van der Waals surface area contributed by atoms with E-state index < -0.39 is 5.97 Å². The third-order valence-corrected chi connectivity index (χ3v) is 4.41. The van der Waals surface area contributed by atoms with Crippen molar-refractivity contribution in [3.63, 3.8) is 0 Å². The molecule has 26 heavy (non-hydrogen) atoms. The van der Waals surface area contributed by atoms with Gasteiger partial charge in [-0.15, -0.1) is 11.3 Å². The number of nitrogens with one attached hydrogen (secondary N) is 1. The lowest BCUT2D eigenvalue weighted by molar-refractivity contribution is 0.0694. The molecule has 128 valence electrons. The summed E-state index contributed by atoms with van der Waals surface area (Å²) in [7, 11) is 0. The first-order chi connectivity index (χ1) is 12.6. The Morgan fingerprint density at radius 3 is 2.69 bits per heavy atom. The lowest BCUT2D eigenvalue weighted by Crippen LogP contribution is -1.98. The van der Waals surface area contributed by atoms with Crippen molar-refractivity contribution < 1.29 is 15.0 Å². The van der Waals surface area contributed by atoms with Gasteiger partial charge >= 0.3 is 5.97 Å². The summed E-state index contributed by atoms with van der Waals surface area (Å²) < 4.78 is 0. The number of thiazole rings is 1. The summed E-state index contributed by atoms with van der Waals surface area (Å²) in [6, 6.07) is 15.8. The first-order valence-electron chi connectivity index (χ1n) is 7.53. The highest BCUT2D eigenvalue weighted by Gasteiger charge is 2.11. The minimum Gasteiger partial charge on any atom is -0.507 e. The largest absolute Gasteiger partial charge is 0.507 e. The fraction of sp³-hybridized carbons (Fsp3) is 0. The van der Waals surface area contributed by atoms with Crippen molar-refractivity contribution in [2.24, 2.45) is 0 Å². The zero-order valence-corrected chi connectivity index (χ0v) is 14.2. The van der Waals surface area contributed by atoms with Crippen molar-refractivity contribution in [1.82, 2.24) is 4.98 Å². The molecule has 0 aliphatic rings. The van der Waals surface area contributed by atoms with Crippen LogP contribution in [-0.4, -0.2) is 21.2 Å². The van der Waals surface area contributed by atoms with E-state index in [-0.39, 0.29) is 11.3 Å². The zero-order valence-electron chi connectivity index (χ0n) is 13.4. The Morgan fingerprint density at radius 1 is 1.23 bits per heavy atom. The van der Waals surface area contributed by atoms with E-state index in [1.54, 1.807) is 0 Å². The number of carboxylic acids is 1. The summed E-state index contributed by atoms with van der Waals surface area (Å²) in [6.07, 6.45) is 1.46.